The summed E-state index contributed by atoms with van der Waals surface area (Å²) >= 11 is 1.53. The highest BCUT2D eigenvalue weighted by atomic mass is 32.1. The number of pyridine rings is 1. The number of ketones is 1. The van der Waals surface area contributed by atoms with Gasteiger partial charge in [-0.3, -0.25) is 4.79 Å². The molecule has 1 aliphatic heterocycles. The van der Waals surface area contributed by atoms with Crippen molar-refractivity contribution in [2.75, 3.05) is 5.01 Å². The van der Waals surface area contributed by atoms with Gasteiger partial charge in [0, 0.05) is 11.6 Å². The van der Waals surface area contributed by atoms with E-state index in [9.17, 15) is 4.79 Å². The van der Waals surface area contributed by atoms with Gasteiger partial charge < -0.3 is 0 Å². The van der Waals surface area contributed by atoms with Crippen LogP contribution in [0.1, 0.15) is 53.8 Å². The zero-order valence-corrected chi connectivity index (χ0v) is 18.1. The van der Waals surface area contributed by atoms with Crippen LogP contribution in [0.2, 0.25) is 0 Å². The lowest BCUT2D eigenvalue weighted by Crippen LogP contribution is -2.49. The van der Waals surface area contributed by atoms with E-state index in [2.05, 4.69) is 27.5 Å². The Morgan fingerprint density at radius 2 is 1.74 bits per heavy atom. The first-order valence-corrected chi connectivity index (χ1v) is 12.2. The van der Waals surface area contributed by atoms with Crippen LogP contribution in [-0.4, -0.2) is 10.8 Å². The fraction of sp³-hybridized carbons (Fsp3) is 0.440. The third-order valence-electron chi connectivity index (χ3n) is 7.98. The average molecular weight is 429 g/mol. The lowest BCUT2D eigenvalue weighted by molar-refractivity contribution is -0.0350. The molecular weight excluding hydrogens is 404 g/mol. The van der Waals surface area contributed by atoms with E-state index in [4.69, 9.17) is 0 Å². The van der Waals surface area contributed by atoms with Crippen molar-refractivity contribution in [2.45, 2.75) is 45.1 Å². The predicted molar refractivity (Wildman–Crippen MR) is 122 cm³/mol. The topological polar surface area (TPSA) is 57.9 Å². The van der Waals surface area contributed by atoms with Crippen LogP contribution in [0.15, 0.2) is 52.9 Å². The van der Waals surface area contributed by atoms with Crippen molar-refractivity contribution >= 4 is 38.7 Å². The summed E-state index contributed by atoms with van der Waals surface area (Å²) < 4.78 is 0. The Bertz CT molecular complexity index is 1200. The van der Waals surface area contributed by atoms with Crippen molar-refractivity contribution in [3.63, 3.8) is 0 Å². The standard InChI is InChI=1S/C25H24N4OS/c30-23(25-11-16-8-17(12-25)10-18(9-16)13-25)22-21-20-19(6-7-26-24(20)31-22)29(28-27-21)14-15-4-2-1-3-5-15/h1-7,16-18H,8-14H2. The summed E-state index contributed by atoms with van der Waals surface area (Å²) in [6.07, 6.45) is 9.06. The molecule has 0 radical (unpaired) electrons. The molecule has 0 saturated heterocycles. The Morgan fingerprint density at radius 1 is 1.03 bits per heavy atom. The first-order valence-electron chi connectivity index (χ1n) is 11.4. The number of Topliss-reactive ketones (excluding diaryl/α,β-unsaturated/α-hetero) is 1. The summed E-state index contributed by atoms with van der Waals surface area (Å²) in [6, 6.07) is 12.3. The number of hydrogen-bond donors (Lipinski definition) is 0. The maximum absolute atomic E-state index is 14.0. The second-order valence-corrected chi connectivity index (χ2v) is 11.0. The van der Waals surface area contributed by atoms with Crippen LogP contribution in [0, 0.1) is 23.2 Å². The number of thiophene rings is 1. The SMILES string of the molecule is O=C(c1sc2nccc3c2c1N=NN3Cc1ccccc1)C12CC3CC(CC(C3)C1)C2. The Balaban J connectivity index is 1.29. The van der Waals surface area contributed by atoms with Crippen LogP contribution in [0.3, 0.4) is 0 Å². The van der Waals surface area contributed by atoms with Crippen LogP contribution in [0.4, 0.5) is 11.4 Å². The van der Waals surface area contributed by atoms with Crippen LogP contribution in [-0.2, 0) is 6.54 Å². The number of aromatic nitrogens is 1. The van der Waals surface area contributed by atoms with Gasteiger partial charge in [0.25, 0.3) is 0 Å². The number of anilines is 1. The van der Waals surface area contributed by atoms with Crippen molar-refractivity contribution in [2.24, 2.45) is 33.5 Å². The van der Waals surface area contributed by atoms with Gasteiger partial charge in [0.2, 0.25) is 0 Å². The van der Waals surface area contributed by atoms with Gasteiger partial charge in [0.1, 0.15) is 15.4 Å². The highest BCUT2D eigenvalue weighted by molar-refractivity contribution is 7.21. The van der Waals surface area contributed by atoms with Crippen molar-refractivity contribution in [3.8, 4) is 0 Å². The van der Waals surface area contributed by atoms with Crippen LogP contribution >= 0.6 is 11.3 Å². The number of rotatable bonds is 4. The molecule has 4 fully saturated rings. The van der Waals surface area contributed by atoms with E-state index in [0.29, 0.717) is 12.3 Å². The second-order valence-electron chi connectivity index (χ2n) is 10.0. The molecule has 156 valence electrons. The van der Waals surface area contributed by atoms with E-state index < -0.39 is 0 Å². The quantitative estimate of drug-likeness (QED) is 0.434. The van der Waals surface area contributed by atoms with Gasteiger partial charge in [-0.15, -0.1) is 16.5 Å². The first kappa shape index (κ1) is 18.0. The van der Waals surface area contributed by atoms with Gasteiger partial charge in [-0.05, 0) is 67.9 Å². The number of benzene rings is 1. The van der Waals surface area contributed by atoms with Gasteiger partial charge in [0.05, 0.1) is 17.6 Å². The van der Waals surface area contributed by atoms with Gasteiger partial charge in [-0.2, -0.15) is 0 Å². The summed E-state index contributed by atoms with van der Waals surface area (Å²) in [5.41, 5.74) is 2.77. The summed E-state index contributed by atoms with van der Waals surface area (Å²) in [4.78, 5) is 20.3. The Labute approximate surface area is 185 Å². The lowest BCUT2D eigenvalue weighted by Gasteiger charge is -2.55. The molecule has 2 aromatic heterocycles. The van der Waals surface area contributed by atoms with Crippen molar-refractivity contribution in [1.82, 2.24) is 4.98 Å². The molecule has 4 saturated carbocycles. The zero-order valence-electron chi connectivity index (χ0n) is 17.3. The molecule has 5 nitrogen and oxygen atoms in total. The minimum atomic E-state index is -0.164. The highest BCUT2D eigenvalue weighted by Crippen LogP contribution is 2.62. The molecule has 4 bridgehead atoms. The van der Waals surface area contributed by atoms with Gasteiger partial charge >= 0.3 is 0 Å². The molecule has 0 unspecified atom stereocenters. The van der Waals surface area contributed by atoms with E-state index in [1.807, 2.05) is 35.5 Å². The summed E-state index contributed by atoms with van der Waals surface area (Å²) in [6.45, 7) is 0.650. The Hall–Kier alpha value is -2.60. The number of carbonyl (C=O) groups is 1. The van der Waals surface area contributed by atoms with Gasteiger partial charge in [-0.25, -0.2) is 9.99 Å². The van der Waals surface area contributed by atoms with Gasteiger partial charge in [0.15, 0.2) is 5.78 Å². The number of nitrogens with zero attached hydrogens (tertiary/aromatic N) is 4. The average Bonchev–Trinajstić information content (AvgIpc) is 3.15. The second kappa shape index (κ2) is 6.45. The van der Waals surface area contributed by atoms with Crippen LogP contribution < -0.4 is 5.01 Å². The fourth-order valence-corrected chi connectivity index (χ4v) is 8.26. The predicted octanol–water partition coefficient (Wildman–Crippen LogP) is 6.71. The maximum Gasteiger partial charge on any atom is 0.181 e. The maximum atomic E-state index is 14.0. The van der Waals surface area contributed by atoms with E-state index >= 15 is 0 Å². The lowest BCUT2D eigenvalue weighted by atomic mass is 9.48. The first-order chi connectivity index (χ1) is 15.2. The minimum absolute atomic E-state index is 0.164. The summed E-state index contributed by atoms with van der Waals surface area (Å²) in [5.74, 6) is 2.57. The molecular formula is C25H24N4OS. The highest BCUT2D eigenvalue weighted by Gasteiger charge is 2.55. The van der Waals surface area contributed by atoms with Crippen molar-refractivity contribution < 1.29 is 4.79 Å². The summed E-state index contributed by atoms with van der Waals surface area (Å²) in [5, 5.41) is 12.1. The molecule has 0 atom stereocenters. The molecule has 0 spiro atoms. The van der Waals surface area contributed by atoms with Crippen molar-refractivity contribution in [1.29, 1.82) is 0 Å². The number of carbonyl (C=O) groups excluding carboxylic acids is 1. The molecule has 6 heteroatoms. The molecule has 4 aliphatic carbocycles. The van der Waals surface area contributed by atoms with Crippen LogP contribution in [0.5, 0.6) is 0 Å². The smallest absolute Gasteiger partial charge is 0.181 e. The molecule has 3 heterocycles. The third kappa shape index (κ3) is 2.67. The largest absolute Gasteiger partial charge is 0.293 e. The molecule has 1 aromatic carbocycles. The monoisotopic (exact) mass is 428 g/mol. The molecule has 3 aromatic rings. The minimum Gasteiger partial charge on any atom is -0.293 e. The molecule has 8 rings (SSSR count). The van der Waals surface area contributed by atoms with Gasteiger partial charge in [-0.1, -0.05) is 35.6 Å². The third-order valence-corrected chi connectivity index (χ3v) is 9.06. The fourth-order valence-electron chi connectivity index (χ4n) is 7.11. The van der Waals surface area contributed by atoms with E-state index in [1.165, 1.54) is 36.2 Å². The number of hydrogen-bond acceptors (Lipinski definition) is 6. The molecule has 5 aliphatic rings. The molecule has 0 amide bonds. The molecule has 0 N–H and O–H groups in total. The van der Waals surface area contributed by atoms with Crippen molar-refractivity contribution in [3.05, 3.63) is 53.0 Å². The Kier molecular flexibility index (Phi) is 3.75. The zero-order chi connectivity index (χ0) is 20.6. The molecule has 31 heavy (non-hydrogen) atoms. The van der Waals surface area contributed by atoms with E-state index in [0.717, 1.165) is 63.5 Å². The van der Waals surface area contributed by atoms with E-state index in [1.54, 1.807) is 0 Å². The van der Waals surface area contributed by atoms with Crippen LogP contribution in [0.25, 0.3) is 10.2 Å². The Morgan fingerprint density at radius 3 is 2.45 bits per heavy atom. The van der Waals surface area contributed by atoms with E-state index in [-0.39, 0.29) is 5.41 Å². The summed E-state index contributed by atoms with van der Waals surface area (Å²) in [7, 11) is 0. The normalized spacial score (nSPS) is 30.3.